The molecule has 1 fully saturated rings. The topological polar surface area (TPSA) is 58.4 Å². The Bertz CT molecular complexity index is 569. The van der Waals surface area contributed by atoms with E-state index in [2.05, 4.69) is 16.0 Å². The van der Waals surface area contributed by atoms with E-state index in [-0.39, 0.29) is 11.7 Å². The number of halogens is 1. The van der Waals surface area contributed by atoms with E-state index in [0.29, 0.717) is 36.1 Å². The van der Waals surface area contributed by atoms with Crippen molar-refractivity contribution in [3.8, 4) is 6.07 Å². The van der Waals surface area contributed by atoms with Crippen LogP contribution in [0.3, 0.4) is 0 Å². The van der Waals surface area contributed by atoms with Crippen LogP contribution >= 0.6 is 11.6 Å². The Kier molecular flexibility index (Phi) is 4.72. The van der Waals surface area contributed by atoms with Gasteiger partial charge in [-0.2, -0.15) is 5.26 Å². The molecule has 6 heteroatoms. The summed E-state index contributed by atoms with van der Waals surface area (Å²) in [5.74, 6) is 0.664. The second-order valence-electron chi connectivity index (χ2n) is 5.88. The fourth-order valence-electron chi connectivity index (χ4n) is 2.67. The number of aromatic nitrogens is 1. The Labute approximate surface area is 130 Å². The van der Waals surface area contributed by atoms with E-state index in [4.69, 9.17) is 21.1 Å². The van der Waals surface area contributed by atoms with Gasteiger partial charge in [0.1, 0.15) is 11.9 Å². The molecule has 1 atom stereocenters. The number of anilines is 1. The van der Waals surface area contributed by atoms with Crippen molar-refractivity contribution in [1.29, 1.82) is 5.26 Å². The maximum Gasteiger partial charge on any atom is 0.147 e. The standard InChI is InChI=1S/C15H20ClN3O2/c1-10-12(5-17)14(18-6-13(10)16)19-7-11(8-20-4)21-15(2,3)9-19/h6,11H,7-9H2,1-4H3/t11-/m1/s1. The number of ether oxygens (including phenoxy) is 2. The van der Waals surface area contributed by atoms with Gasteiger partial charge in [-0.3, -0.25) is 0 Å². The van der Waals surface area contributed by atoms with Gasteiger partial charge in [0.15, 0.2) is 0 Å². The SMILES string of the molecule is COC[C@H]1CN(c2ncc(Cl)c(C)c2C#N)CC(C)(C)O1. The summed E-state index contributed by atoms with van der Waals surface area (Å²) in [4.78, 5) is 6.45. The van der Waals surface area contributed by atoms with Crippen LogP contribution in [-0.4, -0.2) is 43.5 Å². The number of nitriles is 1. The van der Waals surface area contributed by atoms with Crippen LogP contribution in [0.2, 0.25) is 5.02 Å². The average Bonchev–Trinajstić information content (AvgIpc) is 2.40. The molecule has 1 aromatic rings. The number of methoxy groups -OCH3 is 1. The Morgan fingerprint density at radius 3 is 2.95 bits per heavy atom. The molecular weight excluding hydrogens is 290 g/mol. The van der Waals surface area contributed by atoms with Gasteiger partial charge in [-0.05, 0) is 26.3 Å². The highest BCUT2D eigenvalue weighted by Gasteiger charge is 2.35. The zero-order valence-electron chi connectivity index (χ0n) is 12.8. The highest BCUT2D eigenvalue weighted by Crippen LogP contribution is 2.30. The molecule has 0 bridgehead atoms. The number of pyridine rings is 1. The molecule has 2 heterocycles. The molecule has 0 N–H and O–H groups in total. The van der Waals surface area contributed by atoms with Crippen molar-refractivity contribution in [2.45, 2.75) is 32.5 Å². The number of hydrogen-bond acceptors (Lipinski definition) is 5. The maximum atomic E-state index is 9.42. The van der Waals surface area contributed by atoms with Crippen LogP contribution in [0.5, 0.6) is 0 Å². The molecular formula is C15H20ClN3O2. The second-order valence-corrected chi connectivity index (χ2v) is 6.28. The lowest BCUT2D eigenvalue weighted by atomic mass is 10.0. The Morgan fingerprint density at radius 2 is 2.33 bits per heavy atom. The van der Waals surface area contributed by atoms with Crippen molar-refractivity contribution < 1.29 is 9.47 Å². The molecule has 5 nitrogen and oxygen atoms in total. The minimum Gasteiger partial charge on any atom is -0.382 e. The van der Waals surface area contributed by atoms with Gasteiger partial charge < -0.3 is 14.4 Å². The summed E-state index contributed by atoms with van der Waals surface area (Å²) >= 11 is 6.06. The van der Waals surface area contributed by atoms with Gasteiger partial charge in [-0.25, -0.2) is 4.98 Å². The molecule has 1 aliphatic rings. The van der Waals surface area contributed by atoms with Gasteiger partial charge in [0.2, 0.25) is 0 Å². The predicted octanol–water partition coefficient (Wildman–Crippen LogP) is 2.55. The second kappa shape index (κ2) is 6.18. The number of rotatable bonds is 3. The van der Waals surface area contributed by atoms with Gasteiger partial charge in [-0.1, -0.05) is 11.6 Å². The normalized spacial score (nSPS) is 21.1. The van der Waals surface area contributed by atoms with E-state index >= 15 is 0 Å². The first-order valence-corrected chi connectivity index (χ1v) is 7.22. The van der Waals surface area contributed by atoms with Crippen molar-refractivity contribution in [1.82, 2.24) is 4.98 Å². The van der Waals surface area contributed by atoms with Gasteiger partial charge in [0.05, 0.1) is 28.9 Å². The van der Waals surface area contributed by atoms with Gasteiger partial charge in [0.25, 0.3) is 0 Å². The van der Waals surface area contributed by atoms with Gasteiger partial charge in [-0.15, -0.1) is 0 Å². The lowest BCUT2D eigenvalue weighted by Crippen LogP contribution is -2.54. The zero-order valence-corrected chi connectivity index (χ0v) is 13.6. The number of morpholine rings is 1. The molecule has 0 spiro atoms. The highest BCUT2D eigenvalue weighted by atomic mass is 35.5. The summed E-state index contributed by atoms with van der Waals surface area (Å²) in [5, 5.41) is 9.93. The van der Waals surface area contributed by atoms with Crippen molar-refractivity contribution in [2.75, 3.05) is 31.7 Å². The number of nitrogens with zero attached hydrogens (tertiary/aromatic N) is 3. The predicted molar refractivity (Wildman–Crippen MR) is 81.7 cm³/mol. The van der Waals surface area contributed by atoms with E-state index in [1.807, 2.05) is 20.8 Å². The third-order valence-electron chi connectivity index (χ3n) is 3.50. The maximum absolute atomic E-state index is 9.42. The molecule has 0 radical (unpaired) electrons. The molecule has 0 amide bonds. The lowest BCUT2D eigenvalue weighted by molar-refractivity contribution is -0.106. The van der Waals surface area contributed by atoms with Crippen molar-refractivity contribution in [3.63, 3.8) is 0 Å². The number of hydrogen-bond donors (Lipinski definition) is 0. The summed E-state index contributed by atoms with van der Waals surface area (Å²) < 4.78 is 11.2. The summed E-state index contributed by atoms with van der Waals surface area (Å²) in [6, 6.07) is 2.22. The quantitative estimate of drug-likeness (QED) is 0.859. The van der Waals surface area contributed by atoms with E-state index < -0.39 is 0 Å². The van der Waals surface area contributed by atoms with Gasteiger partial charge >= 0.3 is 0 Å². The molecule has 1 aliphatic heterocycles. The lowest BCUT2D eigenvalue weighted by Gasteiger charge is -2.43. The van der Waals surface area contributed by atoms with E-state index in [9.17, 15) is 5.26 Å². The summed E-state index contributed by atoms with van der Waals surface area (Å²) in [6.07, 6.45) is 1.55. The molecule has 0 aliphatic carbocycles. The van der Waals surface area contributed by atoms with Crippen LogP contribution in [0.1, 0.15) is 25.0 Å². The first kappa shape index (κ1) is 16.0. The third-order valence-corrected chi connectivity index (χ3v) is 3.88. The summed E-state index contributed by atoms with van der Waals surface area (Å²) in [7, 11) is 1.65. The molecule has 0 saturated carbocycles. The molecule has 0 unspecified atom stereocenters. The van der Waals surface area contributed by atoms with E-state index in [1.54, 1.807) is 13.3 Å². The monoisotopic (exact) mass is 309 g/mol. The van der Waals surface area contributed by atoms with Crippen LogP contribution in [0.15, 0.2) is 6.20 Å². The van der Waals surface area contributed by atoms with Crippen LogP contribution in [0, 0.1) is 18.3 Å². The van der Waals surface area contributed by atoms with Crippen molar-refractivity contribution in [2.24, 2.45) is 0 Å². The third kappa shape index (κ3) is 3.46. The van der Waals surface area contributed by atoms with Crippen LogP contribution in [0.4, 0.5) is 5.82 Å². The van der Waals surface area contributed by atoms with E-state index in [0.717, 1.165) is 5.56 Å². The molecule has 1 aromatic heterocycles. The Morgan fingerprint density at radius 1 is 1.62 bits per heavy atom. The van der Waals surface area contributed by atoms with Crippen LogP contribution < -0.4 is 4.90 Å². The van der Waals surface area contributed by atoms with Gasteiger partial charge in [0, 0.05) is 26.4 Å². The first-order valence-electron chi connectivity index (χ1n) is 6.85. The zero-order chi connectivity index (χ0) is 15.6. The summed E-state index contributed by atoms with van der Waals surface area (Å²) in [5.41, 5.74) is 0.955. The van der Waals surface area contributed by atoms with Crippen LogP contribution in [-0.2, 0) is 9.47 Å². The average molecular weight is 310 g/mol. The smallest absolute Gasteiger partial charge is 0.147 e. The molecule has 1 saturated heterocycles. The Balaban J connectivity index is 2.37. The van der Waals surface area contributed by atoms with Crippen molar-refractivity contribution in [3.05, 3.63) is 22.3 Å². The van der Waals surface area contributed by atoms with Crippen LogP contribution in [0.25, 0.3) is 0 Å². The fourth-order valence-corrected chi connectivity index (χ4v) is 2.81. The fraction of sp³-hybridized carbons (Fsp3) is 0.600. The molecule has 0 aromatic carbocycles. The molecule has 2 rings (SSSR count). The first-order chi connectivity index (χ1) is 9.88. The minimum atomic E-state index is -0.330. The Hall–Kier alpha value is -1.35. The summed E-state index contributed by atoms with van der Waals surface area (Å²) in [6.45, 7) is 7.70. The minimum absolute atomic E-state index is 0.0527. The highest BCUT2D eigenvalue weighted by molar-refractivity contribution is 6.31. The molecule has 114 valence electrons. The van der Waals surface area contributed by atoms with E-state index in [1.165, 1.54) is 0 Å². The largest absolute Gasteiger partial charge is 0.382 e. The molecule has 21 heavy (non-hydrogen) atoms. The van der Waals surface area contributed by atoms with Crippen molar-refractivity contribution >= 4 is 17.4 Å².